The van der Waals surface area contributed by atoms with Crippen LogP contribution in [0, 0.1) is 18.3 Å². The van der Waals surface area contributed by atoms with Gasteiger partial charge in [0.2, 0.25) is 0 Å². The summed E-state index contributed by atoms with van der Waals surface area (Å²) in [5.74, 6) is 1.80. The second-order valence-corrected chi connectivity index (χ2v) is 9.11. The molecule has 0 heteroatoms. The van der Waals surface area contributed by atoms with Gasteiger partial charge in [-0.25, -0.2) is 0 Å². The SMILES string of the molecule is CCCCCCCCC([CH]C(CCCC)CCCCCCC)CCCCC. The molecule has 0 saturated carbocycles. The minimum atomic E-state index is 0.901. The van der Waals surface area contributed by atoms with Crippen molar-refractivity contribution in [2.45, 2.75) is 156 Å². The van der Waals surface area contributed by atoms with Crippen molar-refractivity contribution in [1.29, 1.82) is 0 Å². The van der Waals surface area contributed by atoms with Gasteiger partial charge in [-0.1, -0.05) is 156 Å². The first kappa shape index (κ1) is 27.0. The second kappa shape index (κ2) is 22.3. The molecule has 0 aliphatic rings. The molecule has 0 fully saturated rings. The van der Waals surface area contributed by atoms with Crippen molar-refractivity contribution in [3.63, 3.8) is 0 Å². The summed E-state index contributed by atoms with van der Waals surface area (Å²) >= 11 is 0. The van der Waals surface area contributed by atoms with E-state index in [0.29, 0.717) is 0 Å². The molecule has 0 N–H and O–H groups in total. The Labute approximate surface area is 174 Å². The van der Waals surface area contributed by atoms with Crippen LogP contribution in [0.2, 0.25) is 0 Å². The lowest BCUT2D eigenvalue weighted by atomic mass is 9.82. The van der Waals surface area contributed by atoms with Crippen molar-refractivity contribution in [3.8, 4) is 0 Å². The van der Waals surface area contributed by atoms with Crippen molar-refractivity contribution in [3.05, 3.63) is 6.42 Å². The zero-order chi connectivity index (χ0) is 20.0. The minimum Gasteiger partial charge on any atom is -0.0654 e. The van der Waals surface area contributed by atoms with E-state index in [-0.39, 0.29) is 0 Å². The van der Waals surface area contributed by atoms with E-state index in [1.54, 1.807) is 0 Å². The van der Waals surface area contributed by atoms with Gasteiger partial charge in [0.05, 0.1) is 0 Å². The molecule has 2 unspecified atom stereocenters. The van der Waals surface area contributed by atoms with E-state index in [0.717, 1.165) is 11.8 Å². The summed E-state index contributed by atoms with van der Waals surface area (Å²) in [6, 6.07) is 0. The third-order valence-electron chi connectivity index (χ3n) is 6.26. The molecule has 0 saturated heterocycles. The van der Waals surface area contributed by atoms with Gasteiger partial charge in [-0.05, 0) is 18.3 Å². The summed E-state index contributed by atoms with van der Waals surface area (Å²) < 4.78 is 0. The summed E-state index contributed by atoms with van der Waals surface area (Å²) in [5, 5.41) is 0. The molecule has 27 heavy (non-hydrogen) atoms. The molecule has 0 aliphatic heterocycles. The second-order valence-electron chi connectivity index (χ2n) is 9.11. The molecule has 2 atom stereocenters. The molecule has 0 aromatic heterocycles. The van der Waals surface area contributed by atoms with Gasteiger partial charge in [0.1, 0.15) is 0 Å². The van der Waals surface area contributed by atoms with E-state index in [4.69, 9.17) is 0 Å². The molecule has 163 valence electrons. The van der Waals surface area contributed by atoms with Crippen LogP contribution in [-0.4, -0.2) is 0 Å². The van der Waals surface area contributed by atoms with Crippen LogP contribution in [0.15, 0.2) is 0 Å². The van der Waals surface area contributed by atoms with Crippen LogP contribution in [0.3, 0.4) is 0 Å². The smallest absolute Gasteiger partial charge is 0.0324 e. The Hall–Kier alpha value is 0. The van der Waals surface area contributed by atoms with Crippen LogP contribution in [0.4, 0.5) is 0 Å². The van der Waals surface area contributed by atoms with Gasteiger partial charge >= 0.3 is 0 Å². The fraction of sp³-hybridized carbons (Fsp3) is 0.963. The molecular formula is C27H55. The molecule has 1 radical (unpaired) electrons. The van der Waals surface area contributed by atoms with E-state index in [1.165, 1.54) is 128 Å². The zero-order valence-electron chi connectivity index (χ0n) is 19.9. The minimum absolute atomic E-state index is 0.901. The zero-order valence-corrected chi connectivity index (χ0v) is 19.9. The Kier molecular flexibility index (Phi) is 22.3. The van der Waals surface area contributed by atoms with Crippen molar-refractivity contribution in [2.75, 3.05) is 0 Å². The third kappa shape index (κ3) is 19.1. The summed E-state index contributed by atoms with van der Waals surface area (Å²) in [6.45, 7) is 9.33. The highest BCUT2D eigenvalue weighted by molar-refractivity contribution is 4.84. The standard InChI is InChI=1S/C27H55/c1-5-9-13-15-17-20-24-27(22-18-11-7-3)25-26(21-12-8-4)23-19-16-14-10-6-2/h25-27H,5-24H2,1-4H3. The van der Waals surface area contributed by atoms with Gasteiger partial charge in [-0.2, -0.15) is 0 Å². The largest absolute Gasteiger partial charge is 0.0654 e. The van der Waals surface area contributed by atoms with Crippen molar-refractivity contribution < 1.29 is 0 Å². The average Bonchev–Trinajstić information content (AvgIpc) is 2.68. The van der Waals surface area contributed by atoms with Gasteiger partial charge in [0.15, 0.2) is 0 Å². The highest BCUT2D eigenvalue weighted by Crippen LogP contribution is 2.29. The molecule has 0 aromatic rings. The lowest BCUT2D eigenvalue weighted by molar-refractivity contribution is 0.368. The van der Waals surface area contributed by atoms with Gasteiger partial charge in [0.25, 0.3) is 0 Å². The molecule has 0 heterocycles. The number of unbranched alkanes of at least 4 members (excludes halogenated alkanes) is 12. The number of hydrogen-bond acceptors (Lipinski definition) is 0. The fourth-order valence-corrected chi connectivity index (χ4v) is 4.38. The lowest BCUT2D eigenvalue weighted by Crippen LogP contribution is -2.11. The maximum absolute atomic E-state index is 2.84. The first-order valence-corrected chi connectivity index (χ1v) is 13.1. The monoisotopic (exact) mass is 379 g/mol. The topological polar surface area (TPSA) is 0 Å². The van der Waals surface area contributed by atoms with E-state index in [2.05, 4.69) is 34.1 Å². The van der Waals surface area contributed by atoms with Crippen molar-refractivity contribution >= 4 is 0 Å². The quantitative estimate of drug-likeness (QED) is 0.164. The van der Waals surface area contributed by atoms with E-state index in [9.17, 15) is 0 Å². The normalized spacial score (nSPS) is 13.8. The van der Waals surface area contributed by atoms with Crippen molar-refractivity contribution in [1.82, 2.24) is 0 Å². The third-order valence-corrected chi connectivity index (χ3v) is 6.26. The highest BCUT2D eigenvalue weighted by atomic mass is 14.2. The van der Waals surface area contributed by atoms with Gasteiger partial charge in [-0.15, -0.1) is 0 Å². The summed E-state index contributed by atoms with van der Waals surface area (Å²) in [5.41, 5.74) is 0. The number of rotatable bonds is 22. The molecular weight excluding hydrogens is 324 g/mol. The van der Waals surface area contributed by atoms with Crippen LogP contribution >= 0.6 is 0 Å². The maximum atomic E-state index is 2.84. The Morgan fingerprint density at radius 3 is 1.11 bits per heavy atom. The van der Waals surface area contributed by atoms with Gasteiger partial charge < -0.3 is 0 Å². The molecule has 0 nitrogen and oxygen atoms in total. The maximum Gasteiger partial charge on any atom is -0.0324 e. The molecule has 0 spiro atoms. The first-order valence-electron chi connectivity index (χ1n) is 13.1. The molecule has 0 aliphatic carbocycles. The lowest BCUT2D eigenvalue weighted by Gasteiger charge is -2.24. The summed E-state index contributed by atoms with van der Waals surface area (Å²) in [4.78, 5) is 0. The van der Waals surface area contributed by atoms with Crippen LogP contribution < -0.4 is 0 Å². The molecule has 0 amide bonds. The molecule has 0 aromatic carbocycles. The molecule has 0 bridgehead atoms. The Morgan fingerprint density at radius 1 is 0.370 bits per heavy atom. The van der Waals surface area contributed by atoms with Crippen LogP contribution in [0.1, 0.15) is 156 Å². The Balaban J connectivity index is 4.29. The van der Waals surface area contributed by atoms with Gasteiger partial charge in [0, 0.05) is 0 Å². The number of hydrogen-bond donors (Lipinski definition) is 0. The molecule has 0 rings (SSSR count). The average molecular weight is 380 g/mol. The predicted molar refractivity (Wildman–Crippen MR) is 126 cm³/mol. The van der Waals surface area contributed by atoms with E-state index < -0.39 is 0 Å². The van der Waals surface area contributed by atoms with Crippen LogP contribution in [0.5, 0.6) is 0 Å². The van der Waals surface area contributed by atoms with Gasteiger partial charge in [-0.3, -0.25) is 0 Å². The van der Waals surface area contributed by atoms with E-state index in [1.807, 2.05) is 0 Å². The summed E-state index contributed by atoms with van der Waals surface area (Å²) in [7, 11) is 0. The highest BCUT2D eigenvalue weighted by Gasteiger charge is 2.16. The van der Waals surface area contributed by atoms with E-state index >= 15 is 0 Å². The van der Waals surface area contributed by atoms with Crippen molar-refractivity contribution in [2.24, 2.45) is 11.8 Å². The predicted octanol–water partition coefficient (Wildman–Crippen LogP) is 10.3. The Bertz CT molecular complexity index is 257. The van der Waals surface area contributed by atoms with Crippen LogP contribution in [0.25, 0.3) is 0 Å². The fourth-order valence-electron chi connectivity index (χ4n) is 4.38. The Morgan fingerprint density at radius 2 is 0.667 bits per heavy atom. The first-order chi connectivity index (χ1) is 13.3. The van der Waals surface area contributed by atoms with Crippen LogP contribution in [-0.2, 0) is 0 Å². The summed E-state index contributed by atoms with van der Waals surface area (Å²) in [6.07, 6.45) is 31.5.